The Morgan fingerprint density at radius 1 is 0.935 bits per heavy atom. The topological polar surface area (TPSA) is 41.5 Å². The minimum Gasteiger partial charge on any atom is -0.351 e. The smallest absolute Gasteiger partial charge is 0.217 e. The average Bonchev–Trinajstić information content (AvgIpc) is 3.16. The number of unbranched alkanes of at least 4 members (excludes halogenated alkanes) is 12. The Hall–Kier alpha value is -1.16. The summed E-state index contributed by atoms with van der Waals surface area (Å²) in [5, 5.41) is 2.96. The summed E-state index contributed by atoms with van der Waals surface area (Å²) in [5.41, 5.74) is 0. The number of carbonyl (C=O) groups is 1. The Morgan fingerprint density at radius 3 is 2.10 bits per heavy atom. The third-order valence-corrected chi connectivity index (χ3v) is 6.89. The molecule has 2 atom stereocenters. The maximum Gasteiger partial charge on any atom is 0.217 e. The van der Waals surface area contributed by atoms with E-state index in [1.807, 2.05) is 0 Å². The number of nitrogens with one attached hydrogen (secondary N) is 1. The number of quaternary nitrogens is 1. The summed E-state index contributed by atoms with van der Waals surface area (Å²) in [6.45, 7) is 9.99. The van der Waals surface area contributed by atoms with Gasteiger partial charge in [0.25, 0.3) is 0 Å². The predicted molar refractivity (Wildman–Crippen MR) is 136 cm³/mol. The van der Waals surface area contributed by atoms with Crippen LogP contribution in [0.25, 0.3) is 0 Å². The number of aliphatic imine (C=N–C) groups is 1. The van der Waals surface area contributed by atoms with Gasteiger partial charge in [-0.15, -0.1) is 0 Å². The van der Waals surface area contributed by atoms with Crippen LogP contribution in [0.2, 0.25) is 0 Å². The van der Waals surface area contributed by atoms with Crippen LogP contribution in [0, 0.1) is 0 Å². The van der Waals surface area contributed by atoms with Crippen LogP contribution >= 0.6 is 0 Å². The van der Waals surface area contributed by atoms with Gasteiger partial charge in [0.05, 0.1) is 25.8 Å². The fourth-order valence-corrected chi connectivity index (χ4v) is 4.71. The third-order valence-electron chi connectivity index (χ3n) is 6.89. The van der Waals surface area contributed by atoms with Gasteiger partial charge in [-0.05, 0) is 39.0 Å². The minimum atomic E-state index is 0.0665. The lowest BCUT2D eigenvalue weighted by atomic mass is 10.1. The summed E-state index contributed by atoms with van der Waals surface area (Å²) in [7, 11) is 0. The Bertz CT molecular complexity index is 503. The van der Waals surface area contributed by atoms with Crippen molar-refractivity contribution in [3.63, 3.8) is 0 Å². The molecule has 0 aromatic rings. The first kappa shape index (κ1) is 27.9. The Kier molecular flexibility index (Phi) is 16.6. The highest BCUT2D eigenvalue weighted by Crippen LogP contribution is 2.24. The summed E-state index contributed by atoms with van der Waals surface area (Å²) in [5.74, 6) is 0.0665. The van der Waals surface area contributed by atoms with E-state index in [2.05, 4.69) is 37.5 Å². The first-order chi connectivity index (χ1) is 15.1. The first-order valence-corrected chi connectivity index (χ1v) is 13.4. The highest BCUT2D eigenvalue weighted by molar-refractivity contribution is 5.72. The van der Waals surface area contributed by atoms with Crippen LogP contribution in [0.15, 0.2) is 17.1 Å². The molecule has 0 radical (unpaired) electrons. The summed E-state index contributed by atoms with van der Waals surface area (Å²) in [6, 6.07) is 0. The molecule has 0 saturated heterocycles. The normalized spacial score (nSPS) is 20.7. The van der Waals surface area contributed by atoms with Crippen molar-refractivity contribution in [2.45, 2.75) is 123 Å². The van der Waals surface area contributed by atoms with Gasteiger partial charge in [-0.25, -0.2) is 4.99 Å². The second-order valence-corrected chi connectivity index (χ2v) is 9.46. The number of hydrogen-bond donors (Lipinski definition) is 1. The zero-order chi connectivity index (χ0) is 22.6. The van der Waals surface area contributed by atoms with Crippen LogP contribution in [0.1, 0.15) is 117 Å². The van der Waals surface area contributed by atoms with Gasteiger partial charge in [0.15, 0.2) is 6.17 Å². The summed E-state index contributed by atoms with van der Waals surface area (Å²) < 4.78 is 1.01. The minimum absolute atomic E-state index is 0.0665. The Morgan fingerprint density at radius 2 is 1.52 bits per heavy atom. The lowest BCUT2D eigenvalue weighted by Gasteiger charge is -2.38. The van der Waals surface area contributed by atoms with E-state index >= 15 is 0 Å². The molecule has 1 rings (SSSR count). The van der Waals surface area contributed by atoms with Crippen molar-refractivity contribution in [1.82, 2.24) is 5.32 Å². The molecule has 0 bridgehead atoms. The number of likely N-dealkylation sites (N-methyl/N-ethyl adjacent to an activating group) is 1. The van der Waals surface area contributed by atoms with Gasteiger partial charge in [-0.1, -0.05) is 76.9 Å². The van der Waals surface area contributed by atoms with Crippen LogP contribution in [-0.2, 0) is 4.79 Å². The van der Waals surface area contributed by atoms with Crippen LogP contribution in [0.5, 0.6) is 0 Å². The molecule has 1 aliphatic rings. The van der Waals surface area contributed by atoms with Gasteiger partial charge in [-0.2, -0.15) is 0 Å². The number of allylic oxidation sites excluding steroid dienone is 2. The predicted octanol–water partition coefficient (Wildman–Crippen LogP) is 6.80. The molecule has 0 aliphatic carbocycles. The fraction of sp³-hybridized carbons (Fsp3) is 0.852. The monoisotopic (exact) mass is 434 g/mol. The maximum absolute atomic E-state index is 11.2. The third kappa shape index (κ3) is 13.1. The number of hydrogen-bond acceptors (Lipinski definition) is 2. The lowest BCUT2D eigenvalue weighted by molar-refractivity contribution is -0.935. The molecule has 1 N–H and O–H groups in total. The molecular weight excluding hydrogens is 382 g/mol. The van der Waals surface area contributed by atoms with Gasteiger partial charge in [0.1, 0.15) is 6.54 Å². The van der Waals surface area contributed by atoms with E-state index in [0.29, 0.717) is 6.17 Å². The molecule has 0 saturated carbocycles. The van der Waals surface area contributed by atoms with Crippen molar-refractivity contribution >= 4 is 12.1 Å². The molecule has 0 spiro atoms. The summed E-state index contributed by atoms with van der Waals surface area (Å²) >= 11 is 0. The van der Waals surface area contributed by atoms with E-state index < -0.39 is 0 Å². The first-order valence-electron chi connectivity index (χ1n) is 13.4. The highest BCUT2D eigenvalue weighted by atomic mass is 16.1. The second kappa shape index (κ2) is 18.4. The zero-order valence-electron chi connectivity index (χ0n) is 21.0. The zero-order valence-corrected chi connectivity index (χ0v) is 21.0. The molecule has 180 valence electrons. The van der Waals surface area contributed by atoms with E-state index in [1.54, 1.807) is 6.92 Å². The van der Waals surface area contributed by atoms with E-state index in [-0.39, 0.29) is 5.91 Å². The van der Waals surface area contributed by atoms with Crippen LogP contribution < -0.4 is 5.32 Å². The standard InChI is InChI=1S/C27H51N3O/c1-4-6-7-8-9-10-11-12-13-14-15-16-17-18-19-20-21-27-29-23-25-30(27,5-2)24-22-28-26(3)31/h15-16,23,27H,4-14,17-22,24-25H2,1-3H3/p+1/b16-15+. The molecule has 1 heterocycles. The SMILES string of the molecule is CCCCCCCCCCC/C=C/CCCCCC1N=CC[N+]1(CC)CCNC(C)=O. The van der Waals surface area contributed by atoms with Crippen LogP contribution in [0.3, 0.4) is 0 Å². The fourth-order valence-electron chi connectivity index (χ4n) is 4.71. The van der Waals surface area contributed by atoms with Crippen molar-refractivity contribution < 1.29 is 9.28 Å². The van der Waals surface area contributed by atoms with Gasteiger partial charge >= 0.3 is 0 Å². The van der Waals surface area contributed by atoms with Crippen molar-refractivity contribution in [3.8, 4) is 0 Å². The highest BCUT2D eigenvalue weighted by Gasteiger charge is 2.37. The van der Waals surface area contributed by atoms with Crippen molar-refractivity contribution in [1.29, 1.82) is 0 Å². The molecule has 0 fully saturated rings. The number of nitrogens with zero attached hydrogens (tertiary/aromatic N) is 2. The van der Waals surface area contributed by atoms with E-state index in [0.717, 1.165) is 30.7 Å². The lowest BCUT2D eigenvalue weighted by Crippen LogP contribution is -2.55. The van der Waals surface area contributed by atoms with Crippen LogP contribution in [0.4, 0.5) is 0 Å². The van der Waals surface area contributed by atoms with Crippen LogP contribution in [-0.4, -0.2) is 48.9 Å². The van der Waals surface area contributed by atoms with Gasteiger partial charge < -0.3 is 5.32 Å². The van der Waals surface area contributed by atoms with Gasteiger partial charge in [0, 0.05) is 13.3 Å². The molecule has 0 aromatic carbocycles. The molecule has 1 aliphatic heterocycles. The van der Waals surface area contributed by atoms with Crippen molar-refractivity contribution in [3.05, 3.63) is 12.2 Å². The molecule has 2 unspecified atom stereocenters. The van der Waals surface area contributed by atoms with Gasteiger partial charge in [-0.3, -0.25) is 9.28 Å². The number of rotatable bonds is 20. The Balaban J connectivity index is 2.00. The summed E-state index contributed by atoms with van der Waals surface area (Å²) in [4.78, 5) is 16.0. The largest absolute Gasteiger partial charge is 0.351 e. The quantitative estimate of drug-likeness (QED) is 0.128. The molecule has 4 heteroatoms. The van der Waals surface area contributed by atoms with E-state index in [4.69, 9.17) is 4.99 Å². The van der Waals surface area contributed by atoms with Crippen molar-refractivity contribution in [2.75, 3.05) is 26.2 Å². The molecule has 1 amide bonds. The van der Waals surface area contributed by atoms with Crippen molar-refractivity contribution in [2.24, 2.45) is 4.99 Å². The van der Waals surface area contributed by atoms with E-state index in [1.165, 1.54) is 96.3 Å². The maximum atomic E-state index is 11.2. The van der Waals surface area contributed by atoms with Gasteiger partial charge in [0.2, 0.25) is 5.91 Å². The number of carbonyl (C=O) groups excluding carboxylic acids is 1. The average molecular weight is 435 g/mol. The number of amides is 1. The molecule has 4 nitrogen and oxygen atoms in total. The molecule has 0 aromatic heterocycles. The van der Waals surface area contributed by atoms with E-state index in [9.17, 15) is 4.79 Å². The summed E-state index contributed by atoms with van der Waals surface area (Å²) in [6.07, 6.45) is 27.5. The molecule has 31 heavy (non-hydrogen) atoms. The second-order valence-electron chi connectivity index (χ2n) is 9.46. The molecular formula is C27H52N3O+. The Labute approximate surface area is 193 Å².